The number of para-hydroxylation sites is 1. The Kier molecular flexibility index (Phi) is 4.60. The summed E-state index contributed by atoms with van der Waals surface area (Å²) in [7, 11) is 0. The average molecular weight is 364 g/mol. The molecular weight excluding hydrogens is 340 g/mol. The number of hydrogen-bond acceptors (Lipinski definition) is 3. The summed E-state index contributed by atoms with van der Waals surface area (Å²) in [5, 5.41) is 2.72. The van der Waals surface area contributed by atoms with E-state index in [0.717, 1.165) is 31.4 Å². The van der Waals surface area contributed by atoms with Gasteiger partial charge in [0.15, 0.2) is 0 Å². The van der Waals surface area contributed by atoms with E-state index in [1.54, 1.807) is 24.3 Å². The Morgan fingerprint density at radius 1 is 1.00 bits per heavy atom. The van der Waals surface area contributed by atoms with Crippen LogP contribution in [0.25, 0.3) is 0 Å². The molecule has 2 aliphatic rings. The third-order valence-corrected chi connectivity index (χ3v) is 5.56. The van der Waals surface area contributed by atoms with Crippen LogP contribution < -0.4 is 10.1 Å². The normalized spacial score (nSPS) is 17.7. The van der Waals surface area contributed by atoms with Crippen LogP contribution in [-0.2, 0) is 11.2 Å². The number of aryl methyl sites for hydroxylation is 1. The molecule has 0 unspecified atom stereocenters. The number of carbonyl (C=O) groups excluding carboxylic acids is 2. The molecule has 0 saturated carbocycles. The molecule has 1 N–H and O–H groups in total. The lowest BCUT2D eigenvalue weighted by Crippen LogP contribution is -2.51. The molecule has 2 aliphatic heterocycles. The quantitative estimate of drug-likeness (QED) is 0.885. The number of nitrogens with one attached hydrogen (secondary N) is 1. The van der Waals surface area contributed by atoms with Crippen molar-refractivity contribution in [1.82, 2.24) is 4.90 Å². The molecule has 2 heterocycles. The van der Waals surface area contributed by atoms with Gasteiger partial charge >= 0.3 is 0 Å². The van der Waals surface area contributed by atoms with Crippen molar-refractivity contribution in [2.75, 3.05) is 18.4 Å². The maximum atomic E-state index is 12.8. The van der Waals surface area contributed by atoms with Gasteiger partial charge in [0.2, 0.25) is 5.91 Å². The average Bonchev–Trinajstić information content (AvgIpc) is 2.68. The summed E-state index contributed by atoms with van der Waals surface area (Å²) in [6.07, 6.45) is 3.76. The van der Waals surface area contributed by atoms with Gasteiger partial charge in [-0.1, -0.05) is 18.2 Å². The Balaban J connectivity index is 1.39. The van der Waals surface area contributed by atoms with E-state index in [1.165, 1.54) is 12.5 Å². The van der Waals surface area contributed by atoms with Gasteiger partial charge in [0.25, 0.3) is 5.91 Å². The molecule has 27 heavy (non-hydrogen) atoms. The Morgan fingerprint density at radius 3 is 2.41 bits per heavy atom. The van der Waals surface area contributed by atoms with E-state index >= 15 is 0 Å². The van der Waals surface area contributed by atoms with Crippen LogP contribution in [0.1, 0.15) is 42.1 Å². The van der Waals surface area contributed by atoms with Crippen LogP contribution in [0.4, 0.5) is 5.69 Å². The maximum Gasteiger partial charge on any atom is 0.253 e. The van der Waals surface area contributed by atoms with Crippen molar-refractivity contribution in [1.29, 1.82) is 0 Å². The molecule has 0 bridgehead atoms. The van der Waals surface area contributed by atoms with Gasteiger partial charge in [0.1, 0.15) is 11.4 Å². The van der Waals surface area contributed by atoms with Gasteiger partial charge in [-0.15, -0.1) is 0 Å². The predicted octanol–water partition coefficient (Wildman–Crippen LogP) is 3.65. The standard InChI is InChI=1S/C22H24N2O3/c1-16(25)23-19-8-6-18(7-9-19)21(26)24-14-12-22(13-15-24)11-10-17-4-2-3-5-20(17)27-22/h2-9H,10-15H2,1H3,(H,23,25). The zero-order valence-corrected chi connectivity index (χ0v) is 15.5. The Morgan fingerprint density at radius 2 is 1.70 bits per heavy atom. The molecule has 5 heteroatoms. The lowest BCUT2D eigenvalue weighted by molar-refractivity contribution is -0.114. The van der Waals surface area contributed by atoms with Crippen LogP contribution in [-0.4, -0.2) is 35.4 Å². The number of hydrogen-bond donors (Lipinski definition) is 1. The molecule has 0 aromatic heterocycles. The summed E-state index contributed by atoms with van der Waals surface area (Å²) in [4.78, 5) is 25.8. The lowest BCUT2D eigenvalue weighted by Gasteiger charge is -2.44. The first-order valence-corrected chi connectivity index (χ1v) is 9.49. The number of piperidine rings is 1. The molecule has 0 aliphatic carbocycles. The van der Waals surface area contributed by atoms with E-state index in [2.05, 4.69) is 17.4 Å². The highest BCUT2D eigenvalue weighted by atomic mass is 16.5. The number of ether oxygens (including phenoxy) is 1. The molecule has 0 radical (unpaired) electrons. The Labute approximate surface area is 159 Å². The van der Waals surface area contributed by atoms with E-state index in [0.29, 0.717) is 24.3 Å². The third-order valence-electron chi connectivity index (χ3n) is 5.56. The largest absolute Gasteiger partial charge is 0.487 e. The third kappa shape index (κ3) is 3.68. The van der Waals surface area contributed by atoms with Gasteiger partial charge in [-0.25, -0.2) is 0 Å². The Hall–Kier alpha value is -2.82. The van der Waals surface area contributed by atoms with Crippen LogP contribution >= 0.6 is 0 Å². The fourth-order valence-corrected chi connectivity index (χ4v) is 4.01. The second kappa shape index (κ2) is 7.06. The van der Waals surface area contributed by atoms with E-state index in [9.17, 15) is 9.59 Å². The first-order valence-electron chi connectivity index (χ1n) is 9.49. The number of likely N-dealkylation sites (tertiary alicyclic amines) is 1. The van der Waals surface area contributed by atoms with Gasteiger partial charge in [-0.3, -0.25) is 9.59 Å². The van der Waals surface area contributed by atoms with Crippen molar-refractivity contribution in [3.8, 4) is 5.75 Å². The highest BCUT2D eigenvalue weighted by Gasteiger charge is 2.40. The summed E-state index contributed by atoms with van der Waals surface area (Å²) in [5.74, 6) is 0.914. The molecule has 2 aromatic carbocycles. The summed E-state index contributed by atoms with van der Waals surface area (Å²) in [6, 6.07) is 15.3. The number of benzene rings is 2. The first kappa shape index (κ1) is 17.6. The van der Waals surface area contributed by atoms with E-state index < -0.39 is 0 Å². The van der Waals surface area contributed by atoms with Gasteiger partial charge < -0.3 is 15.0 Å². The summed E-state index contributed by atoms with van der Waals surface area (Å²) in [6.45, 7) is 2.87. The van der Waals surface area contributed by atoms with Crippen LogP contribution in [0.2, 0.25) is 0 Å². The second-order valence-corrected chi connectivity index (χ2v) is 7.44. The van der Waals surface area contributed by atoms with E-state index in [4.69, 9.17) is 4.74 Å². The molecule has 4 rings (SSSR count). The smallest absolute Gasteiger partial charge is 0.253 e. The zero-order chi connectivity index (χ0) is 18.9. The summed E-state index contributed by atoms with van der Waals surface area (Å²) < 4.78 is 6.37. The topological polar surface area (TPSA) is 58.6 Å². The van der Waals surface area contributed by atoms with Gasteiger partial charge in [0, 0.05) is 44.1 Å². The SMILES string of the molecule is CC(=O)Nc1ccc(C(=O)N2CCC3(CCc4ccccc4O3)CC2)cc1. The molecule has 140 valence electrons. The summed E-state index contributed by atoms with van der Waals surface area (Å²) in [5.41, 5.74) is 2.49. The summed E-state index contributed by atoms with van der Waals surface area (Å²) >= 11 is 0. The van der Waals surface area contributed by atoms with Crippen molar-refractivity contribution in [2.45, 2.75) is 38.2 Å². The molecule has 1 saturated heterocycles. The molecule has 2 aromatic rings. The first-order chi connectivity index (χ1) is 13.0. The van der Waals surface area contributed by atoms with Crippen molar-refractivity contribution in [3.05, 3.63) is 59.7 Å². The van der Waals surface area contributed by atoms with Crippen LogP contribution in [0.5, 0.6) is 5.75 Å². The monoisotopic (exact) mass is 364 g/mol. The Bertz CT molecular complexity index is 852. The molecule has 0 atom stereocenters. The number of fused-ring (bicyclic) bond motifs is 1. The minimum Gasteiger partial charge on any atom is -0.487 e. The predicted molar refractivity (Wildman–Crippen MR) is 104 cm³/mol. The van der Waals surface area contributed by atoms with Crippen molar-refractivity contribution in [2.24, 2.45) is 0 Å². The van der Waals surface area contributed by atoms with Crippen LogP contribution in [0.3, 0.4) is 0 Å². The number of carbonyl (C=O) groups is 2. The maximum absolute atomic E-state index is 12.8. The second-order valence-electron chi connectivity index (χ2n) is 7.44. The number of amides is 2. The number of rotatable bonds is 2. The van der Waals surface area contributed by atoms with Gasteiger partial charge in [-0.2, -0.15) is 0 Å². The van der Waals surface area contributed by atoms with Crippen LogP contribution in [0.15, 0.2) is 48.5 Å². The molecular formula is C22H24N2O3. The minimum absolute atomic E-state index is 0.0374. The highest BCUT2D eigenvalue weighted by molar-refractivity contribution is 5.95. The number of anilines is 1. The fraction of sp³-hybridized carbons (Fsp3) is 0.364. The van der Waals surface area contributed by atoms with E-state index in [1.807, 2.05) is 17.0 Å². The molecule has 1 spiro atoms. The fourth-order valence-electron chi connectivity index (χ4n) is 4.01. The zero-order valence-electron chi connectivity index (χ0n) is 15.5. The van der Waals surface area contributed by atoms with Crippen molar-refractivity contribution >= 4 is 17.5 Å². The molecule has 1 fully saturated rings. The van der Waals surface area contributed by atoms with Gasteiger partial charge in [0.05, 0.1) is 0 Å². The minimum atomic E-state index is -0.138. The van der Waals surface area contributed by atoms with Crippen molar-refractivity contribution < 1.29 is 14.3 Å². The molecule has 2 amide bonds. The number of nitrogens with zero attached hydrogens (tertiary/aromatic N) is 1. The highest BCUT2D eigenvalue weighted by Crippen LogP contribution is 2.39. The van der Waals surface area contributed by atoms with Gasteiger partial charge in [-0.05, 0) is 48.7 Å². The van der Waals surface area contributed by atoms with Crippen LogP contribution in [0, 0.1) is 0 Å². The van der Waals surface area contributed by atoms with Crippen molar-refractivity contribution in [3.63, 3.8) is 0 Å². The lowest BCUT2D eigenvalue weighted by atomic mass is 9.83. The van der Waals surface area contributed by atoms with E-state index in [-0.39, 0.29) is 17.4 Å². The molecule has 5 nitrogen and oxygen atoms in total.